The molecule has 0 spiro atoms. The molecule has 1 saturated carbocycles. The van der Waals surface area contributed by atoms with Crippen LogP contribution in [0.25, 0.3) is 0 Å². The Balaban J connectivity index is 1.83. The van der Waals surface area contributed by atoms with Crippen molar-refractivity contribution >= 4 is 11.6 Å². The Labute approximate surface area is 122 Å². The molecule has 1 N–H and O–H groups in total. The zero-order chi connectivity index (χ0) is 14.9. The van der Waals surface area contributed by atoms with E-state index >= 15 is 0 Å². The van der Waals surface area contributed by atoms with Gasteiger partial charge in [0, 0.05) is 0 Å². The number of carbonyl (C=O) groups is 1. The van der Waals surface area contributed by atoms with E-state index in [1.54, 1.807) is 0 Å². The van der Waals surface area contributed by atoms with Crippen LogP contribution in [0.4, 0.5) is 10.1 Å². The highest BCUT2D eigenvalue weighted by molar-refractivity contribution is 6.01. The summed E-state index contributed by atoms with van der Waals surface area (Å²) < 4.78 is 13.8. The quantitative estimate of drug-likeness (QED) is 0.937. The summed E-state index contributed by atoms with van der Waals surface area (Å²) in [7, 11) is 0. The maximum Gasteiger partial charge on any atom is 0.235 e. The molecule has 0 bridgehead atoms. The molecule has 0 aliphatic heterocycles. The fourth-order valence-corrected chi connectivity index (χ4v) is 2.46. The fraction of sp³-hybridized carbons (Fsp3) is 0.176. The number of hydrogen-bond donors (Lipinski definition) is 1. The van der Waals surface area contributed by atoms with Crippen molar-refractivity contribution in [2.75, 3.05) is 5.32 Å². The number of anilines is 1. The van der Waals surface area contributed by atoms with Crippen LogP contribution in [-0.4, -0.2) is 5.91 Å². The van der Waals surface area contributed by atoms with E-state index in [-0.39, 0.29) is 17.2 Å². The lowest BCUT2D eigenvalue weighted by atomic mass is 9.95. The molecule has 1 amide bonds. The average Bonchev–Trinajstić information content (AvgIpc) is 3.32. The summed E-state index contributed by atoms with van der Waals surface area (Å²) in [5, 5.41) is 11.4. The van der Waals surface area contributed by atoms with Crippen LogP contribution in [0.5, 0.6) is 0 Å². The van der Waals surface area contributed by atoms with Gasteiger partial charge in [-0.05, 0) is 36.6 Å². The normalized spacial score (nSPS) is 15.0. The van der Waals surface area contributed by atoms with Gasteiger partial charge >= 0.3 is 0 Å². The smallest absolute Gasteiger partial charge is 0.235 e. The molecule has 3 nitrogen and oxygen atoms in total. The maximum atomic E-state index is 13.8. The Morgan fingerprint density at radius 1 is 1.19 bits per heavy atom. The van der Waals surface area contributed by atoms with Crippen molar-refractivity contribution in [1.29, 1.82) is 5.26 Å². The summed E-state index contributed by atoms with van der Waals surface area (Å²) >= 11 is 0. The van der Waals surface area contributed by atoms with Crippen LogP contribution in [0.3, 0.4) is 0 Å². The lowest BCUT2D eigenvalue weighted by molar-refractivity contribution is -0.118. The minimum atomic E-state index is -0.591. The molecule has 4 heteroatoms. The van der Waals surface area contributed by atoms with Crippen LogP contribution in [0, 0.1) is 17.1 Å². The molecule has 1 aliphatic carbocycles. The molecule has 1 aliphatic rings. The van der Waals surface area contributed by atoms with Crippen molar-refractivity contribution in [3.63, 3.8) is 0 Å². The minimum absolute atomic E-state index is 0.112. The summed E-state index contributed by atoms with van der Waals surface area (Å²) in [5.41, 5.74) is 0.758. The van der Waals surface area contributed by atoms with Gasteiger partial charge in [0.2, 0.25) is 5.91 Å². The molecule has 0 saturated heterocycles. The molecule has 0 heterocycles. The van der Waals surface area contributed by atoms with E-state index in [0.29, 0.717) is 0 Å². The van der Waals surface area contributed by atoms with Gasteiger partial charge in [0.25, 0.3) is 0 Å². The third-order valence-electron chi connectivity index (χ3n) is 3.86. The fourth-order valence-electron chi connectivity index (χ4n) is 2.46. The van der Waals surface area contributed by atoms with E-state index in [1.165, 1.54) is 12.1 Å². The summed E-state index contributed by atoms with van der Waals surface area (Å²) in [6.07, 6.45) is 1.53. The largest absolute Gasteiger partial charge is 0.323 e. The Morgan fingerprint density at radius 3 is 2.48 bits per heavy atom. The number of nitriles is 1. The molecule has 21 heavy (non-hydrogen) atoms. The van der Waals surface area contributed by atoms with E-state index in [4.69, 9.17) is 5.26 Å². The van der Waals surface area contributed by atoms with Gasteiger partial charge in [0.15, 0.2) is 0 Å². The monoisotopic (exact) mass is 280 g/mol. The molecule has 0 aromatic heterocycles. The van der Waals surface area contributed by atoms with Crippen LogP contribution in [-0.2, 0) is 10.2 Å². The second-order valence-electron chi connectivity index (χ2n) is 5.21. The van der Waals surface area contributed by atoms with Crippen LogP contribution >= 0.6 is 0 Å². The van der Waals surface area contributed by atoms with Crippen LogP contribution < -0.4 is 5.32 Å². The third-order valence-corrected chi connectivity index (χ3v) is 3.86. The van der Waals surface area contributed by atoms with E-state index in [1.807, 2.05) is 36.4 Å². The number of hydrogen-bond acceptors (Lipinski definition) is 2. The summed E-state index contributed by atoms with van der Waals surface area (Å²) in [5.74, 6) is -0.788. The molecule has 1 fully saturated rings. The first kappa shape index (κ1) is 13.3. The molecule has 2 aromatic rings. The summed E-state index contributed by atoms with van der Waals surface area (Å²) in [6.45, 7) is 0. The van der Waals surface area contributed by atoms with Crippen LogP contribution in [0.2, 0.25) is 0 Å². The first-order valence-corrected chi connectivity index (χ1v) is 6.72. The number of amides is 1. The van der Waals surface area contributed by atoms with Crippen molar-refractivity contribution in [3.05, 3.63) is 65.5 Å². The lowest BCUT2D eigenvalue weighted by Crippen LogP contribution is -2.28. The van der Waals surface area contributed by atoms with E-state index < -0.39 is 11.2 Å². The van der Waals surface area contributed by atoms with Gasteiger partial charge < -0.3 is 5.32 Å². The first-order chi connectivity index (χ1) is 10.2. The highest BCUT2D eigenvalue weighted by Crippen LogP contribution is 2.48. The SMILES string of the molecule is N#Cc1ccc(NC(=O)C2(c3ccccc3)CC2)c(F)c1. The average molecular weight is 280 g/mol. The number of rotatable bonds is 3. The molecular formula is C17H13FN2O. The van der Waals surface area contributed by atoms with Crippen LogP contribution in [0.1, 0.15) is 24.0 Å². The third kappa shape index (κ3) is 2.38. The van der Waals surface area contributed by atoms with Crippen molar-refractivity contribution in [3.8, 4) is 6.07 Å². The zero-order valence-corrected chi connectivity index (χ0v) is 11.3. The van der Waals surface area contributed by atoms with Gasteiger partial charge in [-0.15, -0.1) is 0 Å². The minimum Gasteiger partial charge on any atom is -0.323 e. The van der Waals surface area contributed by atoms with Gasteiger partial charge in [0.1, 0.15) is 5.82 Å². The summed E-state index contributed by atoms with van der Waals surface area (Å²) in [4.78, 5) is 12.5. The molecule has 3 rings (SSSR count). The molecule has 0 atom stereocenters. The number of nitrogens with zero attached hydrogens (tertiary/aromatic N) is 1. The van der Waals surface area contributed by atoms with E-state index in [2.05, 4.69) is 5.32 Å². The van der Waals surface area contributed by atoms with Gasteiger partial charge in [-0.1, -0.05) is 30.3 Å². The molecule has 104 valence electrons. The van der Waals surface area contributed by atoms with Gasteiger partial charge in [-0.2, -0.15) is 5.26 Å². The predicted octanol–water partition coefficient (Wildman–Crippen LogP) is 3.37. The van der Waals surface area contributed by atoms with Gasteiger partial charge in [-0.25, -0.2) is 4.39 Å². The second kappa shape index (κ2) is 5.02. The molecule has 0 radical (unpaired) electrons. The van der Waals surface area contributed by atoms with Crippen molar-refractivity contribution in [2.45, 2.75) is 18.3 Å². The van der Waals surface area contributed by atoms with Crippen molar-refractivity contribution in [2.24, 2.45) is 0 Å². The molecular weight excluding hydrogens is 267 g/mol. The summed E-state index contributed by atoms with van der Waals surface area (Å²) in [6, 6.07) is 15.4. The second-order valence-corrected chi connectivity index (χ2v) is 5.21. The van der Waals surface area contributed by atoms with Crippen molar-refractivity contribution in [1.82, 2.24) is 0 Å². The first-order valence-electron chi connectivity index (χ1n) is 6.72. The zero-order valence-electron chi connectivity index (χ0n) is 11.3. The number of nitrogens with one attached hydrogen (secondary N) is 1. The molecule has 2 aromatic carbocycles. The Bertz CT molecular complexity index is 730. The lowest BCUT2D eigenvalue weighted by Gasteiger charge is -2.16. The number of carbonyl (C=O) groups excluding carboxylic acids is 1. The van der Waals surface area contributed by atoms with Crippen molar-refractivity contribution < 1.29 is 9.18 Å². The van der Waals surface area contributed by atoms with E-state index in [0.717, 1.165) is 24.5 Å². The van der Waals surface area contributed by atoms with Gasteiger partial charge in [0.05, 0.1) is 22.7 Å². The van der Waals surface area contributed by atoms with E-state index in [9.17, 15) is 9.18 Å². The van der Waals surface area contributed by atoms with Gasteiger partial charge in [-0.3, -0.25) is 4.79 Å². The Kier molecular flexibility index (Phi) is 3.19. The number of benzene rings is 2. The highest BCUT2D eigenvalue weighted by atomic mass is 19.1. The standard InChI is InChI=1S/C17H13FN2O/c18-14-10-12(11-19)6-7-15(14)20-16(21)17(8-9-17)13-4-2-1-3-5-13/h1-7,10H,8-9H2,(H,20,21). The maximum absolute atomic E-state index is 13.8. The predicted molar refractivity (Wildman–Crippen MR) is 77.1 cm³/mol. The Morgan fingerprint density at radius 2 is 1.90 bits per heavy atom. The topological polar surface area (TPSA) is 52.9 Å². The van der Waals surface area contributed by atoms with Crippen LogP contribution in [0.15, 0.2) is 48.5 Å². The Hall–Kier alpha value is -2.67. The molecule has 0 unspecified atom stereocenters. The highest BCUT2D eigenvalue weighted by Gasteiger charge is 2.51. The number of halogens is 1.